The van der Waals surface area contributed by atoms with Crippen molar-refractivity contribution < 1.29 is 4.79 Å². The average Bonchev–Trinajstić information content (AvgIpc) is 3.36. The highest BCUT2D eigenvalue weighted by Crippen LogP contribution is 2.44. The molecular weight excluding hydrogens is 364 g/mol. The van der Waals surface area contributed by atoms with Crippen molar-refractivity contribution in [2.45, 2.75) is 0 Å². The lowest BCUT2D eigenvalue weighted by molar-refractivity contribution is 0.103. The van der Waals surface area contributed by atoms with Gasteiger partial charge >= 0.3 is 0 Å². The molecule has 0 aliphatic carbocycles. The standard InChI is InChI=1S/C24H14N2OS/c27-23(14-8-2-1-3-9-14)22-20-21(25-26-22)16-11-5-4-10-15(16)19-17-12-6-7-13-18(17)28-24(19)20/h1-13H,(H,25,26). The Kier molecular flexibility index (Phi) is 3.19. The third kappa shape index (κ3) is 2.03. The number of aromatic amines is 1. The minimum Gasteiger partial charge on any atom is -0.287 e. The molecule has 2 heterocycles. The van der Waals surface area contributed by atoms with Gasteiger partial charge in [-0.15, -0.1) is 11.3 Å². The summed E-state index contributed by atoms with van der Waals surface area (Å²) in [6.07, 6.45) is 0. The summed E-state index contributed by atoms with van der Waals surface area (Å²) in [5.74, 6) is -0.0304. The Morgan fingerprint density at radius 3 is 2.25 bits per heavy atom. The number of H-pyrrole nitrogens is 1. The van der Waals surface area contributed by atoms with Crippen LogP contribution in [0.15, 0.2) is 78.9 Å². The third-order valence-corrected chi connectivity index (χ3v) is 6.49. The van der Waals surface area contributed by atoms with Gasteiger partial charge in [-0.1, -0.05) is 72.8 Å². The molecule has 4 heteroatoms. The van der Waals surface area contributed by atoms with Gasteiger partial charge in [0.05, 0.1) is 0 Å². The summed E-state index contributed by atoms with van der Waals surface area (Å²) in [6.45, 7) is 0. The van der Waals surface area contributed by atoms with Crippen LogP contribution in [0.2, 0.25) is 0 Å². The molecule has 0 aliphatic heterocycles. The Bertz CT molecular complexity index is 1530. The second-order valence-electron chi connectivity index (χ2n) is 6.87. The molecule has 0 unspecified atom stereocenters. The minimum atomic E-state index is -0.0304. The summed E-state index contributed by atoms with van der Waals surface area (Å²) in [4.78, 5) is 13.2. The lowest BCUT2D eigenvalue weighted by Crippen LogP contribution is -2.02. The molecular formula is C24H14N2OS. The molecule has 0 fully saturated rings. The topological polar surface area (TPSA) is 45.8 Å². The van der Waals surface area contributed by atoms with E-state index in [0.717, 1.165) is 21.0 Å². The van der Waals surface area contributed by atoms with Crippen LogP contribution in [0.25, 0.3) is 41.8 Å². The third-order valence-electron chi connectivity index (χ3n) is 5.30. The van der Waals surface area contributed by atoms with E-state index < -0.39 is 0 Å². The Labute approximate surface area is 164 Å². The average molecular weight is 378 g/mol. The number of carbonyl (C=O) groups excluding carboxylic acids is 1. The van der Waals surface area contributed by atoms with Gasteiger partial charge in [-0.05, 0) is 11.5 Å². The van der Waals surface area contributed by atoms with E-state index in [9.17, 15) is 4.79 Å². The Morgan fingerprint density at radius 1 is 0.750 bits per heavy atom. The smallest absolute Gasteiger partial charge is 0.211 e. The SMILES string of the molecule is O=C(c1ccccc1)c1[nH]nc2c3ccccc3c3c4ccccc4sc3c12. The van der Waals surface area contributed by atoms with Crippen LogP contribution in [-0.2, 0) is 0 Å². The summed E-state index contributed by atoms with van der Waals surface area (Å²) >= 11 is 1.73. The maximum atomic E-state index is 13.2. The Hall–Kier alpha value is -3.50. The predicted molar refractivity (Wildman–Crippen MR) is 116 cm³/mol. The maximum Gasteiger partial charge on any atom is 0.211 e. The molecule has 0 saturated heterocycles. The number of fused-ring (bicyclic) bond motifs is 8. The van der Waals surface area contributed by atoms with E-state index in [2.05, 4.69) is 52.7 Å². The first-order valence-corrected chi connectivity index (χ1v) is 9.94. The van der Waals surface area contributed by atoms with Crippen molar-refractivity contribution >= 4 is 59.0 Å². The normalized spacial score (nSPS) is 11.7. The number of aromatic nitrogens is 2. The van der Waals surface area contributed by atoms with E-state index in [-0.39, 0.29) is 5.78 Å². The van der Waals surface area contributed by atoms with Crippen LogP contribution in [0.1, 0.15) is 16.1 Å². The number of rotatable bonds is 2. The van der Waals surface area contributed by atoms with Crippen LogP contribution in [0.5, 0.6) is 0 Å². The van der Waals surface area contributed by atoms with Crippen LogP contribution in [0.3, 0.4) is 0 Å². The summed E-state index contributed by atoms with van der Waals surface area (Å²) in [6, 6.07) is 26.1. The first-order chi connectivity index (χ1) is 13.8. The number of nitrogens with one attached hydrogen (secondary N) is 1. The molecule has 132 valence electrons. The van der Waals surface area contributed by atoms with Gasteiger partial charge < -0.3 is 0 Å². The molecule has 0 amide bonds. The fourth-order valence-corrected chi connectivity index (χ4v) is 5.32. The van der Waals surface area contributed by atoms with Crippen molar-refractivity contribution in [3.05, 3.63) is 90.1 Å². The highest BCUT2D eigenvalue weighted by molar-refractivity contribution is 7.27. The van der Waals surface area contributed by atoms with E-state index >= 15 is 0 Å². The molecule has 0 saturated carbocycles. The number of thiophene rings is 1. The van der Waals surface area contributed by atoms with E-state index in [1.165, 1.54) is 20.9 Å². The van der Waals surface area contributed by atoms with Crippen molar-refractivity contribution in [2.75, 3.05) is 0 Å². The van der Waals surface area contributed by atoms with Crippen molar-refractivity contribution in [3.63, 3.8) is 0 Å². The van der Waals surface area contributed by atoms with Crippen molar-refractivity contribution in [2.24, 2.45) is 0 Å². The lowest BCUT2D eigenvalue weighted by Gasteiger charge is -2.04. The fraction of sp³-hybridized carbons (Fsp3) is 0. The van der Waals surface area contributed by atoms with Gasteiger partial charge in [0, 0.05) is 36.5 Å². The number of hydrogen-bond donors (Lipinski definition) is 1. The van der Waals surface area contributed by atoms with E-state index in [1.54, 1.807) is 11.3 Å². The molecule has 0 spiro atoms. The van der Waals surface area contributed by atoms with Crippen LogP contribution in [-0.4, -0.2) is 16.0 Å². The van der Waals surface area contributed by atoms with Crippen LogP contribution in [0.4, 0.5) is 0 Å². The Morgan fingerprint density at radius 2 is 1.43 bits per heavy atom. The largest absolute Gasteiger partial charge is 0.287 e. The monoisotopic (exact) mass is 378 g/mol. The predicted octanol–water partition coefficient (Wildman–Crippen LogP) is 6.32. The molecule has 6 aromatic rings. The summed E-state index contributed by atoms with van der Waals surface area (Å²) < 4.78 is 2.33. The van der Waals surface area contributed by atoms with Crippen molar-refractivity contribution in [1.29, 1.82) is 0 Å². The van der Waals surface area contributed by atoms with Gasteiger partial charge in [0.15, 0.2) is 0 Å². The molecule has 28 heavy (non-hydrogen) atoms. The quantitative estimate of drug-likeness (QED) is 0.359. The van der Waals surface area contributed by atoms with Crippen LogP contribution in [0, 0.1) is 0 Å². The van der Waals surface area contributed by atoms with Gasteiger partial charge in [0.25, 0.3) is 0 Å². The number of benzene rings is 4. The van der Waals surface area contributed by atoms with E-state index in [1.807, 2.05) is 36.4 Å². The van der Waals surface area contributed by atoms with Gasteiger partial charge in [-0.3, -0.25) is 9.89 Å². The summed E-state index contributed by atoms with van der Waals surface area (Å²) in [5, 5.41) is 13.2. The molecule has 6 rings (SSSR count). The first kappa shape index (κ1) is 15.5. The minimum absolute atomic E-state index is 0.0304. The number of nitrogens with zero attached hydrogens (tertiary/aromatic N) is 1. The van der Waals surface area contributed by atoms with E-state index in [4.69, 9.17) is 0 Å². The second kappa shape index (κ2) is 5.75. The number of carbonyl (C=O) groups is 1. The van der Waals surface area contributed by atoms with Gasteiger partial charge in [-0.2, -0.15) is 5.10 Å². The van der Waals surface area contributed by atoms with Gasteiger partial charge in [0.1, 0.15) is 11.2 Å². The molecule has 4 aromatic carbocycles. The summed E-state index contributed by atoms with van der Waals surface area (Å²) in [7, 11) is 0. The highest BCUT2D eigenvalue weighted by atomic mass is 32.1. The lowest BCUT2D eigenvalue weighted by atomic mass is 9.98. The maximum absolute atomic E-state index is 13.2. The van der Waals surface area contributed by atoms with E-state index in [0.29, 0.717) is 11.3 Å². The zero-order chi connectivity index (χ0) is 18.7. The molecule has 0 aliphatic rings. The molecule has 2 aromatic heterocycles. The van der Waals surface area contributed by atoms with Gasteiger partial charge in [0.2, 0.25) is 5.78 Å². The first-order valence-electron chi connectivity index (χ1n) is 9.12. The Balaban J connectivity index is 1.83. The highest BCUT2D eigenvalue weighted by Gasteiger charge is 2.22. The second-order valence-corrected chi connectivity index (χ2v) is 7.92. The summed E-state index contributed by atoms with van der Waals surface area (Å²) in [5.41, 5.74) is 2.08. The molecule has 0 radical (unpaired) electrons. The van der Waals surface area contributed by atoms with Crippen molar-refractivity contribution in [1.82, 2.24) is 10.2 Å². The zero-order valence-electron chi connectivity index (χ0n) is 14.8. The molecule has 0 bridgehead atoms. The van der Waals surface area contributed by atoms with Crippen molar-refractivity contribution in [3.8, 4) is 0 Å². The molecule has 1 N–H and O–H groups in total. The van der Waals surface area contributed by atoms with Crippen LogP contribution >= 0.6 is 11.3 Å². The fourth-order valence-electron chi connectivity index (χ4n) is 4.05. The molecule has 3 nitrogen and oxygen atoms in total. The number of hydrogen-bond acceptors (Lipinski definition) is 3. The van der Waals surface area contributed by atoms with Gasteiger partial charge in [-0.25, -0.2) is 0 Å². The van der Waals surface area contributed by atoms with Crippen LogP contribution < -0.4 is 0 Å². The zero-order valence-corrected chi connectivity index (χ0v) is 15.6. The number of ketones is 1. The molecule has 0 atom stereocenters.